The van der Waals surface area contributed by atoms with E-state index in [1.807, 2.05) is 42.8 Å². The van der Waals surface area contributed by atoms with Gasteiger partial charge in [-0.2, -0.15) is 0 Å². The van der Waals surface area contributed by atoms with Gasteiger partial charge in [0, 0.05) is 34.2 Å². The van der Waals surface area contributed by atoms with Crippen LogP contribution in [0, 0.1) is 6.92 Å². The van der Waals surface area contributed by atoms with Crippen LogP contribution in [0.1, 0.15) is 11.3 Å². The number of halogens is 1. The summed E-state index contributed by atoms with van der Waals surface area (Å²) in [4.78, 5) is 12.0. The molecule has 2 aromatic carbocycles. The molecule has 0 saturated carbocycles. The molecule has 0 radical (unpaired) electrons. The van der Waals surface area contributed by atoms with Gasteiger partial charge < -0.3 is 18.8 Å². The predicted octanol–water partition coefficient (Wildman–Crippen LogP) is 5.42. The Morgan fingerprint density at radius 3 is 2.77 bits per heavy atom. The Morgan fingerprint density at radius 2 is 2.03 bits per heavy atom. The lowest BCUT2D eigenvalue weighted by Crippen LogP contribution is -1.97. The molecule has 2 heterocycles. The Morgan fingerprint density at radius 1 is 1.26 bits per heavy atom. The molecule has 0 fully saturated rings. The Hall–Kier alpha value is -3.23. The molecule has 0 spiro atoms. The van der Waals surface area contributed by atoms with Gasteiger partial charge in [0.05, 0.1) is 12.7 Å². The van der Waals surface area contributed by atoms with Crippen LogP contribution < -0.4 is 4.74 Å². The molecule has 0 aliphatic carbocycles. The van der Waals surface area contributed by atoms with Gasteiger partial charge in [-0.05, 0) is 49.0 Å². The fourth-order valence-electron chi connectivity index (χ4n) is 3.30. The van der Waals surface area contributed by atoms with E-state index < -0.39 is 5.97 Å². The number of hydrogen-bond donors (Lipinski definition) is 1. The van der Waals surface area contributed by atoms with Gasteiger partial charge in [0.1, 0.15) is 10.7 Å². The number of fused-ring (bicyclic) bond motifs is 1. The summed E-state index contributed by atoms with van der Waals surface area (Å²) in [6.45, 7) is 1.95. The van der Waals surface area contributed by atoms with Crippen LogP contribution in [0.5, 0.6) is 5.75 Å². The lowest BCUT2D eigenvalue weighted by molar-refractivity contribution is -0.131. The van der Waals surface area contributed by atoms with E-state index in [-0.39, 0.29) is 16.0 Å². The van der Waals surface area contributed by atoms with Gasteiger partial charge in [-0.1, -0.05) is 29.8 Å². The minimum absolute atomic E-state index is 0.0627. The van der Waals surface area contributed by atoms with Crippen molar-refractivity contribution in [3.05, 3.63) is 63.6 Å². The topological polar surface area (TPSA) is 90.4 Å². The number of rotatable bonds is 6. The number of aromatic nitrogens is 3. The zero-order valence-corrected chi connectivity index (χ0v) is 18.5. The summed E-state index contributed by atoms with van der Waals surface area (Å²) in [5, 5.41) is 19.4. The minimum atomic E-state index is -1.09. The molecule has 158 valence electrons. The Balaban J connectivity index is 1.71. The van der Waals surface area contributed by atoms with E-state index in [1.54, 1.807) is 24.3 Å². The van der Waals surface area contributed by atoms with Crippen molar-refractivity contribution in [2.75, 3.05) is 7.11 Å². The predicted molar refractivity (Wildman–Crippen MR) is 120 cm³/mol. The molecule has 4 aromatic rings. The van der Waals surface area contributed by atoms with Gasteiger partial charge in [-0.25, -0.2) is 4.79 Å². The molecule has 2 aromatic heterocycles. The Labute approximate surface area is 187 Å². The first-order valence-electron chi connectivity index (χ1n) is 9.23. The van der Waals surface area contributed by atoms with Crippen LogP contribution >= 0.6 is 23.4 Å². The van der Waals surface area contributed by atoms with Gasteiger partial charge in [-0.15, -0.1) is 10.2 Å². The fraction of sp³-hybridized carbons (Fsp3) is 0.136. The molecule has 0 aliphatic heterocycles. The first-order chi connectivity index (χ1) is 14.9. The van der Waals surface area contributed by atoms with Crippen molar-refractivity contribution in [1.82, 2.24) is 14.8 Å². The van der Waals surface area contributed by atoms with E-state index >= 15 is 0 Å². The van der Waals surface area contributed by atoms with Crippen molar-refractivity contribution in [2.45, 2.75) is 12.1 Å². The third-order valence-corrected chi connectivity index (χ3v) is 6.02. The van der Waals surface area contributed by atoms with E-state index in [1.165, 1.54) is 7.11 Å². The first-order valence-corrected chi connectivity index (χ1v) is 10.4. The van der Waals surface area contributed by atoms with Crippen LogP contribution in [0.15, 0.2) is 57.0 Å². The Kier molecular flexibility index (Phi) is 5.75. The number of ether oxygens (including phenoxy) is 1. The second kappa shape index (κ2) is 8.49. The average molecular weight is 456 g/mol. The molecule has 0 atom stereocenters. The van der Waals surface area contributed by atoms with Crippen molar-refractivity contribution >= 4 is 46.3 Å². The number of thioether (sulfide) groups is 1. The second-order valence-electron chi connectivity index (χ2n) is 6.71. The number of carboxylic acid groups (broad SMARTS) is 1. The highest BCUT2D eigenvalue weighted by Gasteiger charge is 2.20. The number of nitrogens with zero attached hydrogens (tertiary/aromatic N) is 3. The van der Waals surface area contributed by atoms with E-state index in [0.29, 0.717) is 16.3 Å². The molecule has 7 nitrogen and oxygen atoms in total. The molecule has 0 bridgehead atoms. The number of methoxy groups -OCH3 is 1. The summed E-state index contributed by atoms with van der Waals surface area (Å²) >= 11 is 6.96. The van der Waals surface area contributed by atoms with Gasteiger partial charge in [0.2, 0.25) is 0 Å². The summed E-state index contributed by atoms with van der Waals surface area (Å²) in [6, 6.07) is 12.9. The largest absolute Gasteiger partial charge is 0.496 e. The van der Waals surface area contributed by atoms with Crippen LogP contribution in [0.4, 0.5) is 0 Å². The highest BCUT2D eigenvalue weighted by atomic mass is 35.5. The summed E-state index contributed by atoms with van der Waals surface area (Å²) < 4.78 is 13.0. The lowest BCUT2D eigenvalue weighted by Gasteiger charge is -2.04. The SMILES string of the molecule is COc1ccc(Cl)cc1-c1nnc(S/C(=C\c2c(C)n(C)c3ccccc23)C(=O)O)o1. The van der Waals surface area contributed by atoms with Crippen molar-refractivity contribution in [3.8, 4) is 17.2 Å². The van der Waals surface area contributed by atoms with Crippen molar-refractivity contribution in [2.24, 2.45) is 7.05 Å². The Bertz CT molecular complexity index is 1330. The van der Waals surface area contributed by atoms with E-state index in [4.69, 9.17) is 20.8 Å². The standard InChI is InChI=1S/C22H18ClN3O4S/c1-12-15(14-6-4-5-7-17(14)26(12)2)11-19(21(27)28)31-22-25-24-20(30-22)16-10-13(23)8-9-18(16)29-3/h4-11H,1-3H3,(H,27,28)/b19-11-. The number of carbonyl (C=O) groups is 1. The number of aliphatic carboxylic acids is 1. The van der Waals surface area contributed by atoms with Gasteiger partial charge >= 0.3 is 5.97 Å². The molecule has 0 unspecified atom stereocenters. The van der Waals surface area contributed by atoms with Gasteiger partial charge in [-0.3, -0.25) is 0 Å². The van der Waals surface area contributed by atoms with Crippen LogP contribution in [0.2, 0.25) is 5.02 Å². The maximum absolute atomic E-state index is 12.0. The van der Waals surface area contributed by atoms with Crippen LogP contribution in [-0.4, -0.2) is 33.0 Å². The quantitative estimate of drug-likeness (QED) is 0.306. The molecule has 0 aliphatic rings. The number of aryl methyl sites for hydroxylation is 1. The van der Waals surface area contributed by atoms with Crippen molar-refractivity contribution in [3.63, 3.8) is 0 Å². The van der Waals surface area contributed by atoms with Gasteiger partial charge in [0.25, 0.3) is 11.1 Å². The first kappa shape index (κ1) is 21.0. The minimum Gasteiger partial charge on any atom is -0.496 e. The number of para-hydroxylation sites is 1. The molecule has 31 heavy (non-hydrogen) atoms. The second-order valence-corrected chi connectivity index (χ2v) is 8.14. The highest BCUT2D eigenvalue weighted by Crippen LogP contribution is 2.36. The number of benzene rings is 2. The van der Waals surface area contributed by atoms with Gasteiger partial charge in [0.15, 0.2) is 0 Å². The van der Waals surface area contributed by atoms with Crippen LogP contribution in [0.3, 0.4) is 0 Å². The molecular weight excluding hydrogens is 438 g/mol. The smallest absolute Gasteiger partial charge is 0.342 e. The van der Waals surface area contributed by atoms with Crippen molar-refractivity contribution < 1.29 is 19.1 Å². The summed E-state index contributed by atoms with van der Waals surface area (Å²) in [6.07, 6.45) is 1.63. The normalized spacial score (nSPS) is 11.8. The zero-order chi connectivity index (χ0) is 22.1. The molecule has 0 saturated heterocycles. The zero-order valence-electron chi connectivity index (χ0n) is 16.9. The highest BCUT2D eigenvalue weighted by molar-refractivity contribution is 8.03. The van der Waals surface area contributed by atoms with Crippen molar-refractivity contribution in [1.29, 1.82) is 0 Å². The maximum Gasteiger partial charge on any atom is 0.342 e. The molecule has 0 amide bonds. The number of carboxylic acids is 1. The lowest BCUT2D eigenvalue weighted by atomic mass is 10.1. The van der Waals surface area contributed by atoms with Crippen LogP contribution in [0.25, 0.3) is 28.4 Å². The van der Waals surface area contributed by atoms with E-state index in [2.05, 4.69) is 10.2 Å². The maximum atomic E-state index is 12.0. The summed E-state index contributed by atoms with van der Waals surface area (Å²) in [7, 11) is 3.47. The summed E-state index contributed by atoms with van der Waals surface area (Å²) in [5.41, 5.74) is 3.34. The molecule has 1 N–H and O–H groups in total. The van der Waals surface area contributed by atoms with Crippen LogP contribution in [-0.2, 0) is 11.8 Å². The fourth-order valence-corrected chi connectivity index (χ4v) is 4.13. The molecule has 4 rings (SSSR count). The monoisotopic (exact) mass is 455 g/mol. The molecule has 9 heteroatoms. The molecular formula is C22H18ClN3O4S. The van der Waals surface area contributed by atoms with E-state index in [9.17, 15) is 9.90 Å². The third kappa shape index (κ3) is 4.04. The average Bonchev–Trinajstić information content (AvgIpc) is 3.32. The third-order valence-electron chi connectivity index (χ3n) is 4.93. The van der Waals surface area contributed by atoms with E-state index in [0.717, 1.165) is 33.9 Å². The summed E-state index contributed by atoms with van der Waals surface area (Å²) in [5.74, 6) is -0.379. The number of hydrogen-bond acceptors (Lipinski definition) is 6.